The van der Waals surface area contributed by atoms with Gasteiger partial charge in [-0.25, -0.2) is 0 Å². The van der Waals surface area contributed by atoms with Gasteiger partial charge in [-0.1, -0.05) is 41.1 Å². The van der Waals surface area contributed by atoms with E-state index >= 15 is 0 Å². The number of amides is 1. The van der Waals surface area contributed by atoms with Gasteiger partial charge in [0.1, 0.15) is 6.42 Å². The molecule has 0 bridgehead atoms. The highest BCUT2D eigenvalue weighted by molar-refractivity contribution is 5.80. The van der Waals surface area contributed by atoms with Crippen LogP contribution in [0.15, 0.2) is 57.8 Å². The van der Waals surface area contributed by atoms with Crippen LogP contribution >= 0.6 is 0 Å². The zero-order valence-electron chi connectivity index (χ0n) is 16.2. The molecule has 0 saturated heterocycles. The van der Waals surface area contributed by atoms with Crippen LogP contribution in [0, 0.1) is 13.8 Å². The third-order valence-corrected chi connectivity index (χ3v) is 4.72. The summed E-state index contributed by atoms with van der Waals surface area (Å²) < 4.78 is 5.20. The van der Waals surface area contributed by atoms with E-state index in [1.54, 1.807) is 6.07 Å². The highest BCUT2D eigenvalue weighted by Crippen LogP contribution is 2.20. The lowest BCUT2D eigenvalue weighted by molar-refractivity contribution is -0.120. The van der Waals surface area contributed by atoms with Crippen molar-refractivity contribution >= 4 is 16.8 Å². The number of aromatic nitrogens is 3. The average molecular weight is 388 g/mol. The van der Waals surface area contributed by atoms with Crippen molar-refractivity contribution in [3.63, 3.8) is 0 Å². The van der Waals surface area contributed by atoms with E-state index in [0.717, 1.165) is 27.6 Å². The Morgan fingerprint density at radius 3 is 2.79 bits per heavy atom. The monoisotopic (exact) mass is 388 g/mol. The Balaban J connectivity index is 1.43. The molecule has 0 fully saturated rings. The number of rotatable bonds is 5. The van der Waals surface area contributed by atoms with Crippen LogP contribution in [-0.2, 0) is 17.8 Å². The molecule has 29 heavy (non-hydrogen) atoms. The van der Waals surface area contributed by atoms with Gasteiger partial charge >= 0.3 is 0 Å². The standard InChI is InChI=1S/C22H20N4O3/c1-13-7-8-18-15(9-13)10-16(22(28)24-18)12-23-19(27)11-20-25-21(26-29-20)17-6-4-3-5-14(17)2/h3-10H,11-12H2,1-2H3,(H,23,27)(H,24,28). The Morgan fingerprint density at radius 2 is 1.97 bits per heavy atom. The highest BCUT2D eigenvalue weighted by atomic mass is 16.5. The minimum Gasteiger partial charge on any atom is -0.351 e. The van der Waals surface area contributed by atoms with Gasteiger partial charge in [0.25, 0.3) is 5.56 Å². The van der Waals surface area contributed by atoms with Crippen LogP contribution in [0.4, 0.5) is 0 Å². The van der Waals surface area contributed by atoms with Crippen LogP contribution in [0.25, 0.3) is 22.3 Å². The van der Waals surface area contributed by atoms with Crippen molar-refractivity contribution in [2.45, 2.75) is 26.8 Å². The molecule has 2 aromatic carbocycles. The van der Waals surface area contributed by atoms with Gasteiger partial charge in [-0.2, -0.15) is 4.98 Å². The second kappa shape index (κ2) is 7.71. The van der Waals surface area contributed by atoms with Crippen molar-refractivity contribution in [3.05, 3.63) is 81.5 Å². The van der Waals surface area contributed by atoms with Crippen LogP contribution in [-0.4, -0.2) is 21.0 Å². The fourth-order valence-corrected chi connectivity index (χ4v) is 3.16. The summed E-state index contributed by atoms with van der Waals surface area (Å²) in [6, 6.07) is 15.3. The van der Waals surface area contributed by atoms with Gasteiger partial charge in [0.15, 0.2) is 0 Å². The van der Waals surface area contributed by atoms with E-state index in [1.165, 1.54) is 0 Å². The Bertz CT molecular complexity index is 1260. The molecule has 0 spiro atoms. The Morgan fingerprint density at radius 1 is 1.14 bits per heavy atom. The zero-order valence-corrected chi connectivity index (χ0v) is 16.2. The number of H-pyrrole nitrogens is 1. The first-order valence-electron chi connectivity index (χ1n) is 9.27. The SMILES string of the molecule is Cc1ccc2[nH]c(=O)c(CNC(=O)Cc3nc(-c4ccccc4C)no3)cc2c1. The molecule has 1 amide bonds. The van der Waals surface area contributed by atoms with Gasteiger partial charge in [-0.3, -0.25) is 9.59 Å². The van der Waals surface area contributed by atoms with Crippen LogP contribution in [0.2, 0.25) is 0 Å². The van der Waals surface area contributed by atoms with Crippen LogP contribution in [0.5, 0.6) is 0 Å². The van der Waals surface area contributed by atoms with E-state index in [9.17, 15) is 9.59 Å². The van der Waals surface area contributed by atoms with Gasteiger partial charge in [0.2, 0.25) is 17.6 Å². The van der Waals surface area contributed by atoms with Crippen molar-refractivity contribution in [1.29, 1.82) is 0 Å². The zero-order chi connectivity index (χ0) is 20.4. The summed E-state index contributed by atoms with van der Waals surface area (Å²) in [4.78, 5) is 31.6. The molecule has 4 rings (SSSR count). The van der Waals surface area contributed by atoms with Gasteiger partial charge in [-0.15, -0.1) is 0 Å². The number of aryl methyl sites for hydroxylation is 2. The molecule has 7 heteroatoms. The van der Waals surface area contributed by atoms with Crippen LogP contribution in [0.3, 0.4) is 0 Å². The van der Waals surface area contributed by atoms with Gasteiger partial charge in [0.05, 0.1) is 0 Å². The third-order valence-electron chi connectivity index (χ3n) is 4.72. The molecule has 2 heterocycles. The number of aromatic amines is 1. The smallest absolute Gasteiger partial charge is 0.253 e. The molecule has 0 atom stereocenters. The fraction of sp³-hybridized carbons (Fsp3) is 0.182. The quantitative estimate of drug-likeness (QED) is 0.547. The minimum atomic E-state index is -0.297. The lowest BCUT2D eigenvalue weighted by Gasteiger charge is -2.06. The largest absolute Gasteiger partial charge is 0.351 e. The van der Waals surface area contributed by atoms with Crippen molar-refractivity contribution in [3.8, 4) is 11.4 Å². The lowest BCUT2D eigenvalue weighted by Crippen LogP contribution is -2.28. The Labute approximate surface area is 166 Å². The number of carbonyl (C=O) groups excluding carboxylic acids is 1. The first kappa shape index (κ1) is 18.6. The summed E-state index contributed by atoms with van der Waals surface area (Å²) in [6.45, 7) is 4.07. The van der Waals surface area contributed by atoms with Crippen molar-refractivity contribution < 1.29 is 9.32 Å². The molecule has 0 unspecified atom stereocenters. The second-order valence-electron chi connectivity index (χ2n) is 6.99. The predicted molar refractivity (Wildman–Crippen MR) is 109 cm³/mol. The first-order valence-corrected chi connectivity index (χ1v) is 9.27. The Hall–Kier alpha value is -3.74. The molecule has 146 valence electrons. The van der Waals surface area contributed by atoms with Crippen LogP contribution < -0.4 is 10.9 Å². The topological polar surface area (TPSA) is 101 Å². The lowest BCUT2D eigenvalue weighted by atomic mass is 10.1. The van der Waals surface area contributed by atoms with Crippen molar-refractivity contribution in [2.24, 2.45) is 0 Å². The summed E-state index contributed by atoms with van der Waals surface area (Å²) in [5.41, 5.74) is 4.02. The molecule has 2 N–H and O–H groups in total. The maximum absolute atomic E-state index is 12.3. The maximum Gasteiger partial charge on any atom is 0.253 e. The van der Waals surface area contributed by atoms with E-state index in [-0.39, 0.29) is 30.3 Å². The summed E-state index contributed by atoms with van der Waals surface area (Å²) in [7, 11) is 0. The number of hydrogen-bond donors (Lipinski definition) is 2. The fourth-order valence-electron chi connectivity index (χ4n) is 3.16. The van der Waals surface area contributed by atoms with Crippen molar-refractivity contribution in [1.82, 2.24) is 20.4 Å². The molecule has 0 radical (unpaired) electrons. The molecule has 0 aliphatic carbocycles. The maximum atomic E-state index is 12.3. The molecule has 7 nitrogen and oxygen atoms in total. The highest BCUT2D eigenvalue weighted by Gasteiger charge is 2.14. The van der Waals surface area contributed by atoms with E-state index in [2.05, 4.69) is 20.4 Å². The number of nitrogens with one attached hydrogen (secondary N) is 2. The molecule has 2 aromatic heterocycles. The van der Waals surface area contributed by atoms with Gasteiger partial charge in [-0.05, 0) is 43.0 Å². The van der Waals surface area contributed by atoms with Gasteiger partial charge in [0, 0.05) is 23.2 Å². The normalized spacial score (nSPS) is 11.0. The second-order valence-corrected chi connectivity index (χ2v) is 6.99. The molecular weight excluding hydrogens is 368 g/mol. The summed E-state index contributed by atoms with van der Waals surface area (Å²) in [6.07, 6.45) is -0.0521. The number of pyridine rings is 1. The number of benzene rings is 2. The van der Waals surface area contributed by atoms with Crippen LogP contribution in [0.1, 0.15) is 22.6 Å². The minimum absolute atomic E-state index is 0.0521. The number of carbonyl (C=O) groups is 1. The molecular formula is C22H20N4O3. The summed E-state index contributed by atoms with van der Waals surface area (Å²) in [5.74, 6) is 0.379. The van der Waals surface area contributed by atoms with E-state index in [4.69, 9.17) is 4.52 Å². The van der Waals surface area contributed by atoms with E-state index in [0.29, 0.717) is 11.4 Å². The number of fused-ring (bicyclic) bond motifs is 1. The van der Waals surface area contributed by atoms with E-state index in [1.807, 2.05) is 56.3 Å². The number of hydrogen-bond acceptors (Lipinski definition) is 5. The first-order chi connectivity index (χ1) is 14.0. The van der Waals surface area contributed by atoms with E-state index < -0.39 is 0 Å². The average Bonchev–Trinajstić information content (AvgIpc) is 3.15. The molecule has 0 aliphatic rings. The van der Waals surface area contributed by atoms with Gasteiger partial charge < -0.3 is 14.8 Å². The van der Waals surface area contributed by atoms with Crippen molar-refractivity contribution in [2.75, 3.05) is 0 Å². The predicted octanol–water partition coefficient (Wildman–Crippen LogP) is 3.05. The molecule has 4 aromatic rings. The summed E-state index contributed by atoms with van der Waals surface area (Å²) in [5, 5.41) is 7.62. The third kappa shape index (κ3) is 4.08. The summed E-state index contributed by atoms with van der Waals surface area (Å²) >= 11 is 0. The number of nitrogens with zero attached hydrogens (tertiary/aromatic N) is 2. The Kier molecular flexibility index (Phi) is 4.95. The molecule has 0 aliphatic heterocycles. The molecule has 0 saturated carbocycles.